The Balaban J connectivity index is 1.26. The molecule has 0 saturated carbocycles. The average molecular weight is 472 g/mol. The summed E-state index contributed by atoms with van der Waals surface area (Å²) in [4.78, 5) is 14.6. The van der Waals surface area contributed by atoms with Gasteiger partial charge in [0.1, 0.15) is 17.7 Å². The molecule has 2 N–H and O–H groups in total. The molecular weight excluding hydrogens is 445 g/mol. The minimum absolute atomic E-state index is 0.0190. The van der Waals surface area contributed by atoms with E-state index in [1.54, 1.807) is 23.2 Å². The van der Waals surface area contributed by atoms with Gasteiger partial charge in [-0.25, -0.2) is 20.0 Å². The molecule has 9 heteroatoms. The third-order valence-electron chi connectivity index (χ3n) is 6.36. The summed E-state index contributed by atoms with van der Waals surface area (Å²) in [5.74, 6) is 0.448. The number of unbranched alkanes of at least 4 members (excludes halogenated alkanes) is 1. The standard InChI is InChI=1S/C24H27ClFN5O2/c1-2-3-13-33-17-9-7-16(8-10-17)21-14-22-23-28-31(15-18-19(25)5-4-6-20(18)26)24(32)29(23)11-12-30(22)27-21/h4-12,21-23,27-28H,2-3,13-15H2,1H3. The summed E-state index contributed by atoms with van der Waals surface area (Å²) < 4.78 is 20.0. The van der Waals surface area contributed by atoms with Crippen molar-refractivity contribution in [2.75, 3.05) is 6.61 Å². The first-order valence-corrected chi connectivity index (χ1v) is 11.7. The molecule has 7 nitrogen and oxygen atoms in total. The predicted molar refractivity (Wildman–Crippen MR) is 123 cm³/mol. The molecule has 3 unspecified atom stereocenters. The third kappa shape index (κ3) is 4.26. The first-order valence-electron chi connectivity index (χ1n) is 11.3. The molecule has 2 fully saturated rings. The van der Waals surface area contributed by atoms with Gasteiger partial charge in [0.2, 0.25) is 0 Å². The van der Waals surface area contributed by atoms with Crippen LogP contribution in [0.1, 0.15) is 43.4 Å². The number of carbonyl (C=O) groups is 1. The van der Waals surface area contributed by atoms with Crippen molar-refractivity contribution in [1.82, 2.24) is 25.8 Å². The molecule has 33 heavy (non-hydrogen) atoms. The second-order valence-electron chi connectivity index (χ2n) is 8.51. The number of rotatable bonds is 7. The minimum atomic E-state index is -0.427. The summed E-state index contributed by atoms with van der Waals surface area (Å²) in [6.07, 6.45) is 6.31. The van der Waals surface area contributed by atoms with Gasteiger partial charge >= 0.3 is 6.03 Å². The lowest BCUT2D eigenvalue weighted by atomic mass is 10.00. The molecule has 0 aromatic heterocycles. The van der Waals surface area contributed by atoms with Gasteiger partial charge in [-0.15, -0.1) is 0 Å². The van der Waals surface area contributed by atoms with Crippen LogP contribution in [0.3, 0.4) is 0 Å². The molecule has 0 radical (unpaired) electrons. The Morgan fingerprint density at radius 3 is 2.73 bits per heavy atom. The Morgan fingerprint density at radius 2 is 1.97 bits per heavy atom. The minimum Gasteiger partial charge on any atom is -0.494 e. The fourth-order valence-electron chi connectivity index (χ4n) is 4.52. The zero-order valence-electron chi connectivity index (χ0n) is 18.4. The molecule has 0 bridgehead atoms. The number of halogens is 2. The van der Waals surface area contributed by atoms with E-state index >= 15 is 0 Å². The molecule has 174 valence electrons. The maximum Gasteiger partial charge on any atom is 0.340 e. The number of urea groups is 1. The van der Waals surface area contributed by atoms with Crippen molar-refractivity contribution < 1.29 is 13.9 Å². The van der Waals surface area contributed by atoms with E-state index in [9.17, 15) is 9.18 Å². The van der Waals surface area contributed by atoms with E-state index in [1.165, 1.54) is 11.1 Å². The number of nitrogens with one attached hydrogen (secondary N) is 2. The van der Waals surface area contributed by atoms with E-state index in [1.807, 2.05) is 23.3 Å². The van der Waals surface area contributed by atoms with E-state index in [-0.39, 0.29) is 30.8 Å². The summed E-state index contributed by atoms with van der Waals surface area (Å²) in [7, 11) is 0. The molecule has 2 saturated heterocycles. The highest BCUT2D eigenvalue weighted by molar-refractivity contribution is 6.31. The van der Waals surface area contributed by atoms with Crippen molar-refractivity contribution in [3.05, 3.63) is 76.8 Å². The van der Waals surface area contributed by atoms with Crippen LogP contribution in [0.25, 0.3) is 0 Å². The number of benzene rings is 2. The van der Waals surface area contributed by atoms with Crippen LogP contribution < -0.4 is 15.6 Å². The van der Waals surface area contributed by atoms with Crippen LogP contribution in [0.2, 0.25) is 5.02 Å². The van der Waals surface area contributed by atoms with E-state index in [4.69, 9.17) is 16.3 Å². The van der Waals surface area contributed by atoms with Crippen LogP contribution >= 0.6 is 11.6 Å². The van der Waals surface area contributed by atoms with Crippen molar-refractivity contribution in [2.24, 2.45) is 0 Å². The van der Waals surface area contributed by atoms with Crippen LogP contribution in [-0.2, 0) is 6.54 Å². The van der Waals surface area contributed by atoms with Gasteiger partial charge in [0.25, 0.3) is 0 Å². The Labute approximate surface area is 197 Å². The third-order valence-corrected chi connectivity index (χ3v) is 6.71. The van der Waals surface area contributed by atoms with Crippen LogP contribution in [-0.4, -0.2) is 39.8 Å². The highest BCUT2D eigenvalue weighted by Gasteiger charge is 2.48. The SMILES string of the molecule is CCCCOc1ccc(C2CC3C4NN(Cc5c(F)cccc5Cl)C(=O)N4C=CN3N2)cc1. The van der Waals surface area contributed by atoms with Gasteiger partial charge in [0.05, 0.1) is 25.2 Å². The smallest absolute Gasteiger partial charge is 0.340 e. The van der Waals surface area contributed by atoms with Crippen LogP contribution in [0.4, 0.5) is 9.18 Å². The Morgan fingerprint density at radius 1 is 1.15 bits per heavy atom. The quantitative estimate of drug-likeness (QED) is 0.581. The van der Waals surface area contributed by atoms with Gasteiger partial charge in [0, 0.05) is 23.0 Å². The number of carbonyl (C=O) groups excluding carboxylic acids is 1. The van der Waals surface area contributed by atoms with Crippen molar-refractivity contribution >= 4 is 17.6 Å². The maximum absolute atomic E-state index is 14.3. The van der Waals surface area contributed by atoms with Crippen LogP contribution in [0.5, 0.6) is 5.75 Å². The lowest BCUT2D eigenvalue weighted by molar-refractivity contribution is 0.132. The first kappa shape index (κ1) is 22.0. The molecule has 2 aromatic rings. The topological polar surface area (TPSA) is 60.1 Å². The van der Waals surface area contributed by atoms with Crippen molar-refractivity contribution in [3.8, 4) is 5.75 Å². The molecule has 2 aromatic carbocycles. The summed E-state index contributed by atoms with van der Waals surface area (Å²) in [5.41, 5.74) is 8.23. The summed E-state index contributed by atoms with van der Waals surface area (Å²) in [5, 5.41) is 3.77. The number of nitrogens with zero attached hydrogens (tertiary/aromatic N) is 3. The molecule has 3 aliphatic rings. The maximum atomic E-state index is 14.3. The van der Waals surface area contributed by atoms with E-state index in [0.717, 1.165) is 37.2 Å². The Bertz CT molecular complexity index is 1030. The number of hydrogen-bond donors (Lipinski definition) is 2. The lowest BCUT2D eigenvalue weighted by Gasteiger charge is -2.34. The fourth-order valence-corrected chi connectivity index (χ4v) is 4.74. The average Bonchev–Trinajstić information content (AvgIpc) is 3.38. The predicted octanol–water partition coefficient (Wildman–Crippen LogP) is 4.53. The van der Waals surface area contributed by atoms with Gasteiger partial charge in [-0.2, -0.15) is 0 Å². The normalized spacial score (nSPS) is 23.8. The molecule has 3 aliphatic heterocycles. The second kappa shape index (κ2) is 9.21. The number of amides is 2. The van der Waals surface area contributed by atoms with Crippen molar-refractivity contribution in [3.63, 3.8) is 0 Å². The molecule has 3 atom stereocenters. The van der Waals surface area contributed by atoms with Crippen molar-refractivity contribution in [1.29, 1.82) is 0 Å². The highest BCUT2D eigenvalue weighted by Crippen LogP contribution is 2.35. The molecular formula is C24H27ClFN5O2. The highest BCUT2D eigenvalue weighted by atomic mass is 35.5. The second-order valence-corrected chi connectivity index (χ2v) is 8.92. The Hall–Kier alpha value is -2.81. The van der Waals surface area contributed by atoms with E-state index in [2.05, 4.69) is 29.9 Å². The molecule has 5 rings (SSSR count). The number of fused-ring (bicyclic) bond motifs is 3. The number of hydrogen-bond acceptors (Lipinski definition) is 5. The van der Waals surface area contributed by atoms with Gasteiger partial charge < -0.3 is 9.75 Å². The monoisotopic (exact) mass is 471 g/mol. The van der Waals surface area contributed by atoms with Gasteiger partial charge in [0.15, 0.2) is 0 Å². The van der Waals surface area contributed by atoms with Gasteiger partial charge in [-0.1, -0.05) is 43.1 Å². The Kier molecular flexibility index (Phi) is 6.14. The zero-order chi connectivity index (χ0) is 22.9. The van der Waals surface area contributed by atoms with Crippen molar-refractivity contribution in [2.45, 2.75) is 51.0 Å². The summed E-state index contributed by atoms with van der Waals surface area (Å²) >= 11 is 6.17. The van der Waals surface area contributed by atoms with E-state index in [0.29, 0.717) is 10.6 Å². The molecule has 0 spiro atoms. The van der Waals surface area contributed by atoms with Crippen LogP contribution in [0.15, 0.2) is 54.9 Å². The summed E-state index contributed by atoms with van der Waals surface area (Å²) in [6.45, 7) is 2.92. The molecule has 3 heterocycles. The summed E-state index contributed by atoms with van der Waals surface area (Å²) in [6, 6.07) is 12.6. The van der Waals surface area contributed by atoms with Crippen LogP contribution in [0, 0.1) is 5.82 Å². The van der Waals surface area contributed by atoms with E-state index < -0.39 is 5.82 Å². The lowest BCUT2D eigenvalue weighted by Crippen LogP contribution is -2.53. The molecule has 0 aliphatic carbocycles. The largest absolute Gasteiger partial charge is 0.494 e. The van der Waals surface area contributed by atoms with Gasteiger partial charge in [-0.3, -0.25) is 9.91 Å². The number of ether oxygens (including phenoxy) is 1. The molecule has 2 amide bonds. The van der Waals surface area contributed by atoms with Gasteiger partial charge in [-0.05, 0) is 42.7 Å². The first-order chi connectivity index (χ1) is 16.0. The zero-order valence-corrected chi connectivity index (χ0v) is 19.1. The fraction of sp³-hybridized carbons (Fsp3) is 0.375. The number of hydrazine groups is 2.